The fourth-order valence-corrected chi connectivity index (χ4v) is 1.77. The van der Waals surface area contributed by atoms with Gasteiger partial charge in [-0.15, -0.1) is 0 Å². The lowest BCUT2D eigenvalue weighted by Gasteiger charge is -2.05. The van der Waals surface area contributed by atoms with Crippen LogP contribution in [0.1, 0.15) is 12.0 Å². The van der Waals surface area contributed by atoms with E-state index < -0.39 is 0 Å². The lowest BCUT2D eigenvalue weighted by molar-refractivity contribution is 0.305. The minimum atomic E-state index is 0.0969. The number of hydrogen-bond donors (Lipinski definition) is 2. The highest BCUT2D eigenvalue weighted by Crippen LogP contribution is 2.12. The zero-order valence-corrected chi connectivity index (χ0v) is 11.1. The van der Waals surface area contributed by atoms with E-state index in [4.69, 9.17) is 14.9 Å². The fraction of sp³-hybridized carbons (Fsp3) is 0.429. The number of benzene rings is 1. The van der Waals surface area contributed by atoms with Crippen LogP contribution in [0.2, 0.25) is 0 Å². The summed E-state index contributed by atoms with van der Waals surface area (Å²) in [5.41, 5.74) is 0.922. The second kappa shape index (κ2) is 9.84. The van der Waals surface area contributed by atoms with E-state index in [0.717, 1.165) is 22.8 Å². The Kier molecular flexibility index (Phi) is 8.15. The molecule has 0 aliphatic rings. The van der Waals surface area contributed by atoms with Gasteiger partial charge in [0.1, 0.15) is 5.75 Å². The number of aliphatic hydroxyl groups excluding tert-OH is 2. The summed E-state index contributed by atoms with van der Waals surface area (Å²) < 4.78 is 5.54. The molecule has 1 aromatic carbocycles. The Morgan fingerprint density at radius 1 is 1.06 bits per heavy atom. The van der Waals surface area contributed by atoms with Crippen LogP contribution in [0, 0.1) is 11.8 Å². The molecule has 0 aliphatic carbocycles. The first-order valence-electron chi connectivity index (χ1n) is 5.88. The van der Waals surface area contributed by atoms with Crippen LogP contribution in [0.25, 0.3) is 0 Å². The van der Waals surface area contributed by atoms with Gasteiger partial charge >= 0.3 is 0 Å². The maximum absolute atomic E-state index is 8.61. The van der Waals surface area contributed by atoms with E-state index in [1.165, 1.54) is 0 Å². The first-order valence-corrected chi connectivity index (χ1v) is 7.03. The van der Waals surface area contributed by atoms with Crippen molar-refractivity contribution in [3.05, 3.63) is 29.8 Å². The highest BCUT2D eigenvalue weighted by Gasteiger charge is 1.94. The molecule has 4 heteroatoms. The number of rotatable bonds is 7. The Morgan fingerprint density at radius 3 is 2.50 bits per heavy atom. The highest BCUT2D eigenvalue weighted by molar-refractivity contribution is 7.99. The number of hydrogen-bond acceptors (Lipinski definition) is 4. The molecule has 98 valence electrons. The maximum atomic E-state index is 8.61. The molecule has 0 amide bonds. The normalized spacial score (nSPS) is 9.67. The third-order valence-electron chi connectivity index (χ3n) is 2.06. The Balaban J connectivity index is 2.30. The number of thioether (sulfide) groups is 1. The molecule has 0 unspecified atom stereocenters. The Hall–Kier alpha value is -1.15. The molecule has 0 aliphatic heterocycles. The maximum Gasteiger partial charge on any atom is 0.119 e. The van der Waals surface area contributed by atoms with Crippen molar-refractivity contribution in [1.82, 2.24) is 0 Å². The van der Waals surface area contributed by atoms with E-state index in [1.54, 1.807) is 11.8 Å². The van der Waals surface area contributed by atoms with Gasteiger partial charge < -0.3 is 14.9 Å². The predicted octanol–water partition coefficient (Wildman–Crippen LogP) is 1.52. The van der Waals surface area contributed by atoms with Crippen molar-refractivity contribution in [1.29, 1.82) is 0 Å². The molecule has 0 aromatic heterocycles. The lowest BCUT2D eigenvalue weighted by atomic mass is 10.2. The minimum Gasteiger partial charge on any atom is -0.493 e. The summed E-state index contributed by atoms with van der Waals surface area (Å²) in [6, 6.07) is 7.58. The molecule has 0 bridgehead atoms. The first kappa shape index (κ1) is 14.9. The summed E-state index contributed by atoms with van der Waals surface area (Å²) in [6.45, 7) is 0.950. The van der Waals surface area contributed by atoms with E-state index in [0.29, 0.717) is 13.0 Å². The van der Waals surface area contributed by atoms with Crippen LogP contribution in [0.15, 0.2) is 24.3 Å². The van der Waals surface area contributed by atoms with Crippen LogP contribution in [-0.4, -0.2) is 41.5 Å². The summed E-state index contributed by atoms with van der Waals surface area (Å²) in [5, 5.41) is 17.2. The minimum absolute atomic E-state index is 0.0969. The summed E-state index contributed by atoms with van der Waals surface area (Å²) in [6.07, 6.45) is 0.500. The smallest absolute Gasteiger partial charge is 0.119 e. The molecule has 0 radical (unpaired) electrons. The molecule has 1 aromatic rings. The van der Waals surface area contributed by atoms with Crippen molar-refractivity contribution < 1.29 is 14.9 Å². The van der Waals surface area contributed by atoms with E-state index in [-0.39, 0.29) is 13.2 Å². The monoisotopic (exact) mass is 266 g/mol. The van der Waals surface area contributed by atoms with Crippen molar-refractivity contribution in [2.45, 2.75) is 6.42 Å². The Labute approximate surface area is 112 Å². The molecule has 18 heavy (non-hydrogen) atoms. The van der Waals surface area contributed by atoms with Gasteiger partial charge in [0.05, 0.1) is 19.8 Å². The van der Waals surface area contributed by atoms with Crippen LogP contribution in [0.3, 0.4) is 0 Å². The molecular weight excluding hydrogens is 248 g/mol. The molecule has 0 saturated carbocycles. The van der Waals surface area contributed by atoms with Crippen molar-refractivity contribution in [3.8, 4) is 17.6 Å². The third-order valence-corrected chi connectivity index (χ3v) is 2.98. The average Bonchev–Trinajstić information content (AvgIpc) is 2.40. The first-order chi connectivity index (χ1) is 8.86. The quantitative estimate of drug-likeness (QED) is 0.580. The zero-order valence-electron chi connectivity index (χ0n) is 10.3. The predicted molar refractivity (Wildman–Crippen MR) is 74.9 cm³/mol. The zero-order chi connectivity index (χ0) is 13.1. The topological polar surface area (TPSA) is 49.7 Å². The molecule has 0 spiro atoms. The van der Waals surface area contributed by atoms with Gasteiger partial charge in [-0.2, -0.15) is 11.8 Å². The summed E-state index contributed by atoms with van der Waals surface area (Å²) in [7, 11) is 0. The van der Waals surface area contributed by atoms with Gasteiger partial charge in [0, 0.05) is 23.5 Å². The van der Waals surface area contributed by atoms with E-state index in [9.17, 15) is 0 Å². The van der Waals surface area contributed by atoms with Crippen molar-refractivity contribution >= 4 is 11.8 Å². The molecule has 0 saturated heterocycles. The third kappa shape index (κ3) is 6.55. The van der Waals surface area contributed by atoms with Crippen LogP contribution in [0.4, 0.5) is 0 Å². The van der Waals surface area contributed by atoms with Crippen LogP contribution >= 0.6 is 11.8 Å². The Bertz CT molecular complexity index is 378. The van der Waals surface area contributed by atoms with E-state index in [2.05, 4.69) is 11.8 Å². The molecule has 2 N–H and O–H groups in total. The van der Waals surface area contributed by atoms with Gasteiger partial charge in [-0.1, -0.05) is 11.8 Å². The highest BCUT2D eigenvalue weighted by atomic mass is 32.2. The molecule has 1 rings (SSSR count). The molecule has 0 atom stereocenters. The van der Waals surface area contributed by atoms with Crippen molar-refractivity contribution in [2.75, 3.05) is 31.3 Å². The second-order valence-corrected chi connectivity index (χ2v) is 4.71. The number of ether oxygens (including phenoxy) is 1. The van der Waals surface area contributed by atoms with Crippen LogP contribution in [-0.2, 0) is 0 Å². The SMILES string of the molecule is OCCC#Cc1ccc(OCCSCCO)cc1. The van der Waals surface area contributed by atoms with Gasteiger partial charge in [0.25, 0.3) is 0 Å². The summed E-state index contributed by atoms with van der Waals surface area (Å²) >= 11 is 1.67. The van der Waals surface area contributed by atoms with Gasteiger partial charge in [-0.25, -0.2) is 0 Å². The lowest BCUT2D eigenvalue weighted by Crippen LogP contribution is -2.01. The summed E-state index contributed by atoms with van der Waals surface area (Å²) in [5.74, 6) is 8.28. The van der Waals surface area contributed by atoms with Gasteiger partial charge in [0.15, 0.2) is 0 Å². The van der Waals surface area contributed by atoms with Gasteiger partial charge in [0.2, 0.25) is 0 Å². The Morgan fingerprint density at radius 2 is 1.83 bits per heavy atom. The molecule has 0 heterocycles. The summed E-state index contributed by atoms with van der Waals surface area (Å²) in [4.78, 5) is 0. The van der Waals surface area contributed by atoms with Gasteiger partial charge in [-0.05, 0) is 24.3 Å². The van der Waals surface area contributed by atoms with Crippen LogP contribution < -0.4 is 4.74 Å². The van der Waals surface area contributed by atoms with Crippen molar-refractivity contribution in [2.24, 2.45) is 0 Å². The molecule has 0 fully saturated rings. The average molecular weight is 266 g/mol. The van der Waals surface area contributed by atoms with Gasteiger partial charge in [-0.3, -0.25) is 0 Å². The molecular formula is C14H18O3S. The van der Waals surface area contributed by atoms with Crippen molar-refractivity contribution in [3.63, 3.8) is 0 Å². The number of aliphatic hydroxyl groups is 2. The van der Waals surface area contributed by atoms with E-state index >= 15 is 0 Å². The second-order valence-electron chi connectivity index (χ2n) is 3.48. The largest absolute Gasteiger partial charge is 0.493 e. The molecule has 3 nitrogen and oxygen atoms in total. The standard InChI is InChI=1S/C14H18O3S/c15-8-2-1-3-13-4-6-14(7-5-13)17-10-12-18-11-9-16/h4-7,15-16H,2,8-12H2. The van der Waals surface area contributed by atoms with E-state index in [1.807, 2.05) is 24.3 Å². The fourth-order valence-electron chi connectivity index (χ4n) is 1.24. The van der Waals surface area contributed by atoms with Crippen LogP contribution in [0.5, 0.6) is 5.75 Å².